The SMILES string of the molecule is CC(C)(C)c1cccc(OCC(CS)c2ccccc2)c1. The second-order valence-electron chi connectivity index (χ2n) is 6.38. The van der Waals surface area contributed by atoms with Crippen LogP contribution in [0.3, 0.4) is 0 Å². The van der Waals surface area contributed by atoms with Crippen LogP contribution in [0.2, 0.25) is 0 Å². The molecule has 2 rings (SSSR count). The Balaban J connectivity index is 2.05. The van der Waals surface area contributed by atoms with Gasteiger partial charge in [0.1, 0.15) is 5.75 Å². The van der Waals surface area contributed by atoms with Gasteiger partial charge in [-0.1, -0.05) is 63.2 Å². The van der Waals surface area contributed by atoms with Crippen LogP contribution in [0.5, 0.6) is 5.75 Å². The van der Waals surface area contributed by atoms with Crippen molar-refractivity contribution in [1.29, 1.82) is 0 Å². The van der Waals surface area contributed by atoms with E-state index in [0.29, 0.717) is 12.5 Å². The average Bonchev–Trinajstić information content (AvgIpc) is 2.48. The van der Waals surface area contributed by atoms with Gasteiger partial charge in [0.25, 0.3) is 0 Å². The van der Waals surface area contributed by atoms with E-state index in [1.807, 2.05) is 12.1 Å². The van der Waals surface area contributed by atoms with Crippen LogP contribution >= 0.6 is 12.6 Å². The van der Waals surface area contributed by atoms with E-state index in [-0.39, 0.29) is 5.41 Å². The van der Waals surface area contributed by atoms with Crippen molar-refractivity contribution >= 4 is 12.6 Å². The molecular weight excluding hydrogens is 276 g/mol. The number of hydrogen-bond donors (Lipinski definition) is 1. The molecule has 0 aliphatic rings. The first-order valence-electron chi connectivity index (χ1n) is 7.40. The van der Waals surface area contributed by atoms with Gasteiger partial charge in [-0.25, -0.2) is 0 Å². The Bertz CT molecular complexity index is 557. The fraction of sp³-hybridized carbons (Fsp3) is 0.368. The molecule has 0 radical (unpaired) electrons. The van der Waals surface area contributed by atoms with Crippen LogP contribution < -0.4 is 4.74 Å². The van der Waals surface area contributed by atoms with Gasteiger partial charge in [-0.15, -0.1) is 0 Å². The van der Waals surface area contributed by atoms with Gasteiger partial charge < -0.3 is 4.74 Å². The van der Waals surface area contributed by atoms with Crippen molar-refractivity contribution in [2.45, 2.75) is 32.1 Å². The minimum absolute atomic E-state index is 0.141. The van der Waals surface area contributed by atoms with Crippen molar-refractivity contribution in [2.24, 2.45) is 0 Å². The molecule has 1 atom stereocenters. The highest BCUT2D eigenvalue weighted by atomic mass is 32.1. The van der Waals surface area contributed by atoms with E-state index in [1.165, 1.54) is 11.1 Å². The Morgan fingerprint density at radius 1 is 1.00 bits per heavy atom. The summed E-state index contributed by atoms with van der Waals surface area (Å²) < 4.78 is 6.00. The maximum Gasteiger partial charge on any atom is 0.119 e. The lowest BCUT2D eigenvalue weighted by molar-refractivity contribution is 0.297. The molecule has 21 heavy (non-hydrogen) atoms. The molecule has 2 aromatic rings. The summed E-state index contributed by atoms with van der Waals surface area (Å²) in [4.78, 5) is 0. The van der Waals surface area contributed by atoms with Gasteiger partial charge in [0.05, 0.1) is 6.61 Å². The van der Waals surface area contributed by atoms with Crippen LogP contribution in [0.15, 0.2) is 54.6 Å². The molecule has 0 heterocycles. The molecule has 0 aliphatic heterocycles. The summed E-state index contributed by atoms with van der Waals surface area (Å²) in [6.45, 7) is 7.30. The molecule has 1 nitrogen and oxygen atoms in total. The topological polar surface area (TPSA) is 9.23 Å². The van der Waals surface area contributed by atoms with Crippen LogP contribution in [-0.2, 0) is 5.41 Å². The molecule has 2 aromatic carbocycles. The summed E-state index contributed by atoms with van der Waals surface area (Å²) in [6, 6.07) is 18.8. The third-order valence-corrected chi connectivity index (χ3v) is 4.08. The van der Waals surface area contributed by atoms with Crippen molar-refractivity contribution in [3.05, 3.63) is 65.7 Å². The van der Waals surface area contributed by atoms with Crippen molar-refractivity contribution in [2.75, 3.05) is 12.4 Å². The first-order chi connectivity index (χ1) is 10.0. The molecule has 0 saturated carbocycles. The third kappa shape index (κ3) is 4.53. The monoisotopic (exact) mass is 300 g/mol. The minimum Gasteiger partial charge on any atom is -0.493 e. The van der Waals surface area contributed by atoms with Crippen molar-refractivity contribution in [3.8, 4) is 5.75 Å². The van der Waals surface area contributed by atoms with Gasteiger partial charge in [0.15, 0.2) is 0 Å². The second-order valence-corrected chi connectivity index (χ2v) is 6.74. The molecular formula is C19H24OS. The van der Waals surface area contributed by atoms with E-state index in [2.05, 4.69) is 75.9 Å². The first-order valence-corrected chi connectivity index (χ1v) is 8.03. The van der Waals surface area contributed by atoms with E-state index in [4.69, 9.17) is 4.74 Å². The average molecular weight is 300 g/mol. The summed E-state index contributed by atoms with van der Waals surface area (Å²) in [6.07, 6.45) is 0. The smallest absolute Gasteiger partial charge is 0.119 e. The van der Waals surface area contributed by atoms with E-state index < -0.39 is 0 Å². The van der Waals surface area contributed by atoms with Gasteiger partial charge in [0.2, 0.25) is 0 Å². The van der Waals surface area contributed by atoms with Crippen molar-refractivity contribution < 1.29 is 4.74 Å². The summed E-state index contributed by atoms with van der Waals surface area (Å²) >= 11 is 4.46. The fourth-order valence-electron chi connectivity index (χ4n) is 2.23. The van der Waals surface area contributed by atoms with E-state index in [1.54, 1.807) is 0 Å². The van der Waals surface area contributed by atoms with Gasteiger partial charge in [0, 0.05) is 11.7 Å². The van der Waals surface area contributed by atoms with Crippen molar-refractivity contribution in [1.82, 2.24) is 0 Å². The third-order valence-electron chi connectivity index (χ3n) is 3.64. The lowest BCUT2D eigenvalue weighted by Gasteiger charge is -2.21. The molecule has 2 heteroatoms. The number of benzene rings is 2. The van der Waals surface area contributed by atoms with Gasteiger partial charge >= 0.3 is 0 Å². The van der Waals surface area contributed by atoms with Crippen LogP contribution in [0.4, 0.5) is 0 Å². The van der Waals surface area contributed by atoms with Crippen LogP contribution in [-0.4, -0.2) is 12.4 Å². The van der Waals surface area contributed by atoms with E-state index >= 15 is 0 Å². The van der Waals surface area contributed by atoms with Crippen molar-refractivity contribution in [3.63, 3.8) is 0 Å². The largest absolute Gasteiger partial charge is 0.493 e. The maximum atomic E-state index is 6.00. The van der Waals surface area contributed by atoms with Gasteiger partial charge in [-0.05, 0) is 28.7 Å². The predicted molar refractivity (Wildman–Crippen MR) is 93.7 cm³/mol. The molecule has 1 unspecified atom stereocenters. The molecule has 0 aliphatic carbocycles. The molecule has 112 valence electrons. The lowest BCUT2D eigenvalue weighted by Crippen LogP contribution is -2.13. The highest BCUT2D eigenvalue weighted by Gasteiger charge is 2.15. The zero-order chi connectivity index (χ0) is 15.3. The highest BCUT2D eigenvalue weighted by molar-refractivity contribution is 7.80. The molecule has 0 saturated heterocycles. The number of rotatable bonds is 5. The van der Waals surface area contributed by atoms with E-state index in [9.17, 15) is 0 Å². The van der Waals surface area contributed by atoms with Gasteiger partial charge in [-0.2, -0.15) is 12.6 Å². The second kappa shape index (κ2) is 7.04. The quantitative estimate of drug-likeness (QED) is 0.758. The summed E-state index contributed by atoms with van der Waals surface area (Å²) in [7, 11) is 0. The maximum absolute atomic E-state index is 6.00. The van der Waals surface area contributed by atoms with E-state index in [0.717, 1.165) is 11.5 Å². The molecule has 0 aromatic heterocycles. The summed E-state index contributed by atoms with van der Waals surface area (Å²) in [5, 5.41) is 0. The van der Waals surface area contributed by atoms with Crippen LogP contribution in [0, 0.1) is 0 Å². The normalized spacial score (nSPS) is 13.0. The Hall–Kier alpha value is -1.41. The van der Waals surface area contributed by atoms with Crippen LogP contribution in [0.1, 0.15) is 37.8 Å². The van der Waals surface area contributed by atoms with Gasteiger partial charge in [-0.3, -0.25) is 0 Å². The molecule has 0 spiro atoms. The molecule has 0 fully saturated rings. The Labute approximate surface area is 133 Å². The molecule has 0 bridgehead atoms. The minimum atomic E-state index is 0.141. The zero-order valence-corrected chi connectivity index (χ0v) is 13.9. The number of hydrogen-bond acceptors (Lipinski definition) is 2. The highest BCUT2D eigenvalue weighted by Crippen LogP contribution is 2.26. The first kappa shape index (κ1) is 16.0. The summed E-state index contributed by atoms with van der Waals surface area (Å²) in [5.41, 5.74) is 2.71. The Kier molecular flexibility index (Phi) is 5.35. The Morgan fingerprint density at radius 2 is 1.71 bits per heavy atom. The standard InChI is InChI=1S/C19H24OS/c1-19(2,3)17-10-7-11-18(12-17)20-13-16(14-21)15-8-5-4-6-9-15/h4-12,16,21H,13-14H2,1-3H3. The number of ether oxygens (including phenoxy) is 1. The summed E-state index contributed by atoms with van der Waals surface area (Å²) in [5.74, 6) is 2.03. The van der Waals surface area contributed by atoms with Crippen LogP contribution in [0.25, 0.3) is 0 Å². The Morgan fingerprint density at radius 3 is 2.33 bits per heavy atom. The molecule has 0 N–H and O–H groups in total. The zero-order valence-electron chi connectivity index (χ0n) is 13.0. The fourth-order valence-corrected chi connectivity index (χ4v) is 2.54. The predicted octanol–water partition coefficient (Wildman–Crippen LogP) is 5.08. The lowest BCUT2D eigenvalue weighted by atomic mass is 9.87. The number of thiol groups is 1. The molecule has 0 amide bonds.